The molecule has 0 spiro atoms. The summed E-state index contributed by atoms with van der Waals surface area (Å²) in [6.07, 6.45) is 1.65. The lowest BCUT2D eigenvalue weighted by Gasteiger charge is -2.25. The predicted molar refractivity (Wildman–Crippen MR) is 110 cm³/mol. The van der Waals surface area contributed by atoms with Gasteiger partial charge in [0.15, 0.2) is 17.3 Å². The van der Waals surface area contributed by atoms with Gasteiger partial charge in [0.05, 0.1) is 19.3 Å². The molecule has 0 saturated carbocycles. The number of aromatic nitrogens is 3. The topological polar surface area (TPSA) is 76.8 Å². The minimum Gasteiger partial charge on any atom is -0.497 e. The van der Waals surface area contributed by atoms with Crippen molar-refractivity contribution in [2.75, 3.05) is 11.4 Å². The molecule has 0 amide bonds. The van der Waals surface area contributed by atoms with E-state index in [9.17, 15) is 17.2 Å². The highest BCUT2D eigenvalue weighted by Crippen LogP contribution is 2.29. The predicted octanol–water partition coefficient (Wildman–Crippen LogP) is 3.72. The number of hydrogen-bond donors (Lipinski definition) is 0. The summed E-state index contributed by atoms with van der Waals surface area (Å²) in [7, 11) is -2.74. The first-order valence-electron chi connectivity index (χ1n) is 9.22. The van der Waals surface area contributed by atoms with Crippen LogP contribution in [0.2, 0.25) is 0 Å². The zero-order chi connectivity index (χ0) is 22.2. The second kappa shape index (κ2) is 7.95. The molecule has 4 aromatic rings. The van der Waals surface area contributed by atoms with Gasteiger partial charge in [0, 0.05) is 12.3 Å². The van der Waals surface area contributed by atoms with Gasteiger partial charge in [0.1, 0.15) is 16.5 Å². The highest BCUT2D eigenvalue weighted by molar-refractivity contribution is 7.93. The molecule has 2 aromatic carbocycles. The highest BCUT2D eigenvalue weighted by Gasteiger charge is 2.29. The normalized spacial score (nSPS) is 11.6. The van der Waals surface area contributed by atoms with Gasteiger partial charge in [0.25, 0.3) is 10.0 Å². The average Bonchev–Trinajstić information content (AvgIpc) is 3.15. The molecule has 31 heavy (non-hydrogen) atoms. The number of benzene rings is 2. The van der Waals surface area contributed by atoms with E-state index in [2.05, 4.69) is 10.2 Å². The fourth-order valence-corrected chi connectivity index (χ4v) is 4.79. The van der Waals surface area contributed by atoms with Crippen LogP contribution in [0.3, 0.4) is 0 Å². The number of hydrogen-bond acceptors (Lipinski definition) is 5. The number of sulfonamides is 1. The average molecular weight is 444 g/mol. The third-order valence-electron chi connectivity index (χ3n) is 4.79. The second-order valence-electron chi connectivity index (χ2n) is 6.77. The van der Waals surface area contributed by atoms with E-state index >= 15 is 0 Å². The van der Waals surface area contributed by atoms with Crippen molar-refractivity contribution >= 4 is 21.4 Å². The van der Waals surface area contributed by atoms with E-state index < -0.39 is 21.7 Å². The molecular formula is C21H18F2N4O3S. The van der Waals surface area contributed by atoms with E-state index in [1.54, 1.807) is 47.9 Å². The zero-order valence-corrected chi connectivity index (χ0v) is 17.5. The Morgan fingerprint density at radius 1 is 1.03 bits per heavy atom. The fourth-order valence-electron chi connectivity index (χ4n) is 3.22. The molecule has 160 valence electrons. The molecular weight excluding hydrogens is 426 g/mol. The Hall–Kier alpha value is -3.53. The lowest BCUT2D eigenvalue weighted by molar-refractivity contribution is 0.414. The summed E-state index contributed by atoms with van der Waals surface area (Å²) in [4.78, 5) is -0.108. The summed E-state index contributed by atoms with van der Waals surface area (Å²) >= 11 is 0. The Labute approximate surface area is 177 Å². The SMILES string of the molecule is COc1cccc(CN(c2ccc(F)c(F)c2)S(=O)(=O)c2cccn3c(C)nnc23)c1. The second-order valence-corrected chi connectivity index (χ2v) is 8.61. The molecule has 0 fully saturated rings. The Morgan fingerprint density at radius 3 is 2.58 bits per heavy atom. The van der Waals surface area contributed by atoms with Gasteiger partial charge < -0.3 is 4.74 Å². The van der Waals surface area contributed by atoms with Gasteiger partial charge in [0.2, 0.25) is 0 Å². The molecule has 2 aromatic heterocycles. The van der Waals surface area contributed by atoms with Crippen molar-refractivity contribution in [3.63, 3.8) is 0 Å². The summed E-state index contributed by atoms with van der Waals surface area (Å²) in [5, 5.41) is 7.92. The zero-order valence-electron chi connectivity index (χ0n) is 16.7. The summed E-state index contributed by atoms with van der Waals surface area (Å²) in [6.45, 7) is 1.55. The molecule has 4 rings (SSSR count). The van der Waals surface area contributed by atoms with Crippen LogP contribution in [0.1, 0.15) is 11.4 Å². The first kappa shape index (κ1) is 20.7. The van der Waals surface area contributed by atoms with Crippen molar-refractivity contribution in [1.82, 2.24) is 14.6 Å². The van der Waals surface area contributed by atoms with Gasteiger partial charge in [-0.25, -0.2) is 17.2 Å². The van der Waals surface area contributed by atoms with E-state index in [-0.39, 0.29) is 22.8 Å². The summed E-state index contributed by atoms with van der Waals surface area (Å²) < 4.78 is 62.7. The molecule has 0 bridgehead atoms. The number of ether oxygens (including phenoxy) is 1. The van der Waals surface area contributed by atoms with Crippen LogP contribution in [0.25, 0.3) is 5.65 Å². The first-order valence-corrected chi connectivity index (χ1v) is 10.7. The third-order valence-corrected chi connectivity index (χ3v) is 6.58. The van der Waals surface area contributed by atoms with Crippen LogP contribution in [0.15, 0.2) is 65.7 Å². The van der Waals surface area contributed by atoms with Crippen LogP contribution in [0, 0.1) is 18.6 Å². The van der Waals surface area contributed by atoms with Gasteiger partial charge >= 0.3 is 0 Å². The molecule has 0 saturated heterocycles. The van der Waals surface area contributed by atoms with E-state index in [0.717, 1.165) is 16.4 Å². The number of pyridine rings is 1. The van der Waals surface area contributed by atoms with Crippen molar-refractivity contribution < 1.29 is 21.9 Å². The number of nitrogens with zero attached hydrogens (tertiary/aromatic N) is 4. The monoisotopic (exact) mass is 444 g/mol. The molecule has 0 unspecified atom stereocenters. The lowest BCUT2D eigenvalue weighted by Crippen LogP contribution is -2.31. The Balaban J connectivity index is 1.88. The molecule has 0 atom stereocenters. The van der Waals surface area contributed by atoms with Crippen molar-refractivity contribution in [2.45, 2.75) is 18.4 Å². The highest BCUT2D eigenvalue weighted by atomic mass is 32.2. The standard InChI is InChI=1S/C21H18F2N4O3S/c1-14-24-25-21-20(7-4-10-26(14)21)31(28,29)27(16-8-9-18(22)19(23)12-16)13-15-5-3-6-17(11-15)30-2/h3-12H,13H2,1-2H3. The Morgan fingerprint density at radius 2 is 1.84 bits per heavy atom. The van der Waals surface area contributed by atoms with E-state index in [0.29, 0.717) is 17.1 Å². The Kier molecular flexibility index (Phi) is 5.32. The number of halogens is 2. The molecule has 0 aliphatic heterocycles. The number of aryl methyl sites for hydroxylation is 1. The van der Waals surface area contributed by atoms with Gasteiger partial charge in [-0.3, -0.25) is 8.71 Å². The van der Waals surface area contributed by atoms with Gasteiger partial charge in [-0.2, -0.15) is 0 Å². The minimum absolute atomic E-state index is 0.0278. The molecule has 0 aliphatic carbocycles. The quantitative estimate of drug-likeness (QED) is 0.453. The maximum atomic E-state index is 14.0. The molecule has 10 heteroatoms. The number of anilines is 1. The van der Waals surface area contributed by atoms with E-state index in [1.165, 1.54) is 19.2 Å². The van der Waals surface area contributed by atoms with Crippen LogP contribution in [-0.2, 0) is 16.6 Å². The molecule has 0 N–H and O–H groups in total. The summed E-state index contributed by atoms with van der Waals surface area (Å²) in [6, 6.07) is 12.7. The molecule has 0 radical (unpaired) electrons. The first-order chi connectivity index (χ1) is 14.8. The number of rotatable bonds is 6. The number of methoxy groups -OCH3 is 1. The maximum Gasteiger partial charge on any atom is 0.268 e. The van der Waals surface area contributed by atoms with E-state index in [1.807, 2.05) is 0 Å². The van der Waals surface area contributed by atoms with Crippen LogP contribution >= 0.6 is 0 Å². The fraction of sp³-hybridized carbons (Fsp3) is 0.143. The maximum absolute atomic E-state index is 14.0. The van der Waals surface area contributed by atoms with Gasteiger partial charge in [-0.05, 0) is 48.9 Å². The minimum atomic E-state index is -4.23. The largest absolute Gasteiger partial charge is 0.497 e. The lowest BCUT2D eigenvalue weighted by atomic mass is 10.2. The van der Waals surface area contributed by atoms with Crippen molar-refractivity contribution in [3.8, 4) is 5.75 Å². The summed E-state index contributed by atoms with van der Waals surface area (Å²) in [5.74, 6) is -1.17. The smallest absolute Gasteiger partial charge is 0.268 e. The van der Waals surface area contributed by atoms with Gasteiger partial charge in [-0.15, -0.1) is 10.2 Å². The van der Waals surface area contributed by atoms with Crippen molar-refractivity contribution in [2.24, 2.45) is 0 Å². The van der Waals surface area contributed by atoms with Crippen molar-refractivity contribution in [3.05, 3.63) is 83.8 Å². The molecule has 2 heterocycles. The molecule has 0 aliphatic rings. The van der Waals surface area contributed by atoms with Crippen LogP contribution < -0.4 is 9.04 Å². The van der Waals surface area contributed by atoms with Crippen LogP contribution in [0.5, 0.6) is 5.75 Å². The third kappa shape index (κ3) is 3.81. The van der Waals surface area contributed by atoms with Crippen molar-refractivity contribution in [1.29, 1.82) is 0 Å². The Bertz CT molecular complexity index is 1370. The summed E-state index contributed by atoms with van der Waals surface area (Å²) in [5.41, 5.74) is 0.704. The molecule has 7 nitrogen and oxygen atoms in total. The van der Waals surface area contributed by atoms with Gasteiger partial charge in [-0.1, -0.05) is 12.1 Å². The van der Waals surface area contributed by atoms with Crippen LogP contribution in [-0.4, -0.2) is 30.1 Å². The number of fused-ring (bicyclic) bond motifs is 1. The van der Waals surface area contributed by atoms with E-state index in [4.69, 9.17) is 4.74 Å². The van der Waals surface area contributed by atoms with Crippen LogP contribution in [0.4, 0.5) is 14.5 Å².